The maximum Gasteiger partial charge on any atom is 0.241 e. The maximum atomic E-state index is 12.5. The minimum Gasteiger partial charge on any atom is -0.492 e. The molecule has 0 bridgehead atoms. The molecule has 0 unspecified atom stereocenters. The van der Waals surface area contributed by atoms with Gasteiger partial charge >= 0.3 is 0 Å². The molecule has 0 radical (unpaired) electrons. The summed E-state index contributed by atoms with van der Waals surface area (Å²) in [6.07, 6.45) is 1.02. The van der Waals surface area contributed by atoms with Gasteiger partial charge in [-0.2, -0.15) is 0 Å². The number of ether oxygens (including phenoxy) is 1. The zero-order chi connectivity index (χ0) is 19.4. The summed E-state index contributed by atoms with van der Waals surface area (Å²) in [6, 6.07) is 12.1. The molecule has 2 aromatic rings. The van der Waals surface area contributed by atoms with E-state index in [4.69, 9.17) is 4.74 Å². The smallest absolute Gasteiger partial charge is 0.241 e. The van der Waals surface area contributed by atoms with Gasteiger partial charge in [-0.15, -0.1) is 0 Å². The summed E-state index contributed by atoms with van der Waals surface area (Å²) in [5.74, 6) is 0.651. The van der Waals surface area contributed by atoms with Crippen molar-refractivity contribution in [3.63, 3.8) is 0 Å². The fourth-order valence-corrected chi connectivity index (χ4v) is 4.35. The molecule has 0 saturated carbocycles. The van der Waals surface area contributed by atoms with Crippen molar-refractivity contribution < 1.29 is 21.6 Å². The Balaban J connectivity index is 2.12. The van der Waals surface area contributed by atoms with E-state index in [0.717, 1.165) is 6.26 Å². The van der Waals surface area contributed by atoms with E-state index in [9.17, 15) is 16.8 Å². The van der Waals surface area contributed by atoms with Crippen LogP contribution in [0.15, 0.2) is 47.4 Å². The van der Waals surface area contributed by atoms with Crippen LogP contribution < -0.4 is 14.2 Å². The van der Waals surface area contributed by atoms with Gasteiger partial charge in [0, 0.05) is 6.54 Å². The van der Waals surface area contributed by atoms with Crippen LogP contribution in [0, 0.1) is 13.8 Å². The molecule has 9 heteroatoms. The van der Waals surface area contributed by atoms with Crippen molar-refractivity contribution in [3.8, 4) is 5.75 Å². The Bertz CT molecular complexity index is 972. The molecule has 0 amide bonds. The zero-order valence-electron chi connectivity index (χ0n) is 14.8. The van der Waals surface area contributed by atoms with E-state index in [0.29, 0.717) is 16.9 Å². The van der Waals surface area contributed by atoms with E-state index in [1.165, 1.54) is 6.07 Å². The fourth-order valence-electron chi connectivity index (χ4n) is 2.40. The lowest BCUT2D eigenvalue weighted by molar-refractivity contribution is 0.323. The van der Waals surface area contributed by atoms with Crippen LogP contribution in [0.25, 0.3) is 0 Å². The molecule has 0 aromatic heterocycles. The van der Waals surface area contributed by atoms with E-state index in [1.807, 2.05) is 18.2 Å². The van der Waals surface area contributed by atoms with Crippen LogP contribution in [0.3, 0.4) is 0 Å². The minimum atomic E-state index is -3.81. The molecule has 0 heterocycles. The van der Waals surface area contributed by atoms with Crippen molar-refractivity contribution in [2.24, 2.45) is 0 Å². The van der Waals surface area contributed by atoms with Gasteiger partial charge in [-0.25, -0.2) is 21.6 Å². The van der Waals surface area contributed by atoms with Crippen molar-refractivity contribution >= 4 is 25.7 Å². The molecule has 0 aliphatic heterocycles. The van der Waals surface area contributed by atoms with Gasteiger partial charge in [0.1, 0.15) is 12.4 Å². The van der Waals surface area contributed by atoms with E-state index >= 15 is 0 Å². The number of nitrogens with one attached hydrogen (secondary N) is 2. The Labute approximate surface area is 154 Å². The Morgan fingerprint density at radius 2 is 1.62 bits per heavy atom. The van der Waals surface area contributed by atoms with Crippen LogP contribution in [-0.2, 0) is 20.0 Å². The highest BCUT2D eigenvalue weighted by atomic mass is 32.2. The van der Waals surface area contributed by atoms with E-state index in [-0.39, 0.29) is 23.7 Å². The SMILES string of the molecule is Cc1ccc(S(=O)(=O)NCCOc2ccccc2)c(C)c1NS(C)(=O)=O. The number of benzene rings is 2. The van der Waals surface area contributed by atoms with Crippen molar-refractivity contribution in [1.82, 2.24) is 4.72 Å². The van der Waals surface area contributed by atoms with Crippen molar-refractivity contribution in [2.45, 2.75) is 18.7 Å². The first kappa shape index (κ1) is 20.2. The fraction of sp³-hybridized carbons (Fsp3) is 0.294. The Kier molecular flexibility index (Phi) is 6.27. The minimum absolute atomic E-state index is 0.0222. The predicted molar refractivity (Wildman–Crippen MR) is 102 cm³/mol. The van der Waals surface area contributed by atoms with Crippen molar-refractivity contribution in [1.29, 1.82) is 0 Å². The summed E-state index contributed by atoms with van der Waals surface area (Å²) in [7, 11) is -7.33. The second-order valence-corrected chi connectivity index (χ2v) is 9.30. The quantitative estimate of drug-likeness (QED) is 0.663. The molecule has 0 aliphatic carbocycles. The van der Waals surface area contributed by atoms with Gasteiger partial charge in [0.05, 0.1) is 16.8 Å². The van der Waals surface area contributed by atoms with Gasteiger partial charge in [-0.1, -0.05) is 24.3 Å². The average molecular weight is 399 g/mol. The molecule has 0 fully saturated rings. The zero-order valence-corrected chi connectivity index (χ0v) is 16.4. The number of sulfonamides is 2. The second-order valence-electron chi connectivity index (χ2n) is 5.81. The van der Waals surface area contributed by atoms with E-state index in [2.05, 4.69) is 9.44 Å². The van der Waals surface area contributed by atoms with Crippen molar-refractivity contribution in [3.05, 3.63) is 53.6 Å². The number of rotatable bonds is 8. The first-order valence-electron chi connectivity index (χ1n) is 7.86. The molecule has 26 heavy (non-hydrogen) atoms. The molecular formula is C17H22N2O5S2. The molecule has 2 rings (SSSR count). The molecular weight excluding hydrogens is 376 g/mol. The number of para-hydroxylation sites is 1. The van der Waals surface area contributed by atoms with Crippen LogP contribution in [0.4, 0.5) is 5.69 Å². The highest BCUT2D eigenvalue weighted by molar-refractivity contribution is 7.92. The Hall–Kier alpha value is -2.10. The summed E-state index contributed by atoms with van der Waals surface area (Å²) in [6.45, 7) is 3.52. The second kappa shape index (κ2) is 8.07. The average Bonchev–Trinajstić information content (AvgIpc) is 2.55. The third-order valence-corrected chi connectivity index (χ3v) is 5.79. The molecule has 0 spiro atoms. The predicted octanol–water partition coefficient (Wildman–Crippen LogP) is 2.03. The number of anilines is 1. The van der Waals surface area contributed by atoms with Crippen molar-refractivity contribution in [2.75, 3.05) is 24.1 Å². The van der Waals surface area contributed by atoms with Crippen LogP contribution in [0.1, 0.15) is 11.1 Å². The molecule has 142 valence electrons. The van der Waals surface area contributed by atoms with Crippen LogP contribution in [0.2, 0.25) is 0 Å². The third kappa shape index (κ3) is 5.45. The van der Waals surface area contributed by atoms with E-state index in [1.54, 1.807) is 32.0 Å². The normalized spacial score (nSPS) is 12.0. The summed E-state index contributed by atoms with van der Waals surface area (Å²) < 4.78 is 58.4. The van der Waals surface area contributed by atoms with E-state index < -0.39 is 20.0 Å². The van der Waals surface area contributed by atoms with Crippen LogP contribution in [0.5, 0.6) is 5.75 Å². The van der Waals surface area contributed by atoms with Gasteiger partial charge in [0.15, 0.2) is 0 Å². The highest BCUT2D eigenvalue weighted by Crippen LogP contribution is 2.27. The summed E-state index contributed by atoms with van der Waals surface area (Å²) in [5.41, 5.74) is 1.25. The third-order valence-electron chi connectivity index (χ3n) is 3.61. The largest absolute Gasteiger partial charge is 0.492 e. The maximum absolute atomic E-state index is 12.5. The molecule has 0 saturated heterocycles. The van der Waals surface area contributed by atoms with Crippen LogP contribution in [-0.4, -0.2) is 36.2 Å². The van der Waals surface area contributed by atoms with Gasteiger partial charge in [0.25, 0.3) is 0 Å². The Morgan fingerprint density at radius 3 is 2.23 bits per heavy atom. The number of hydrogen-bond donors (Lipinski definition) is 2. The van der Waals surface area contributed by atoms with Gasteiger partial charge < -0.3 is 4.74 Å². The van der Waals surface area contributed by atoms with Gasteiger partial charge in [-0.3, -0.25) is 4.72 Å². The lowest BCUT2D eigenvalue weighted by Crippen LogP contribution is -2.29. The Morgan fingerprint density at radius 1 is 0.962 bits per heavy atom. The summed E-state index contributed by atoms with van der Waals surface area (Å²) in [4.78, 5) is 0.0222. The summed E-state index contributed by atoms with van der Waals surface area (Å²) >= 11 is 0. The molecule has 0 atom stereocenters. The monoisotopic (exact) mass is 398 g/mol. The topological polar surface area (TPSA) is 102 Å². The van der Waals surface area contributed by atoms with Gasteiger partial charge in [0.2, 0.25) is 20.0 Å². The number of hydrogen-bond acceptors (Lipinski definition) is 5. The molecule has 2 N–H and O–H groups in total. The van der Waals surface area contributed by atoms with Gasteiger partial charge in [-0.05, 0) is 43.2 Å². The molecule has 0 aliphatic rings. The first-order chi connectivity index (χ1) is 12.1. The molecule has 7 nitrogen and oxygen atoms in total. The van der Waals surface area contributed by atoms with Crippen LogP contribution >= 0.6 is 0 Å². The standard InChI is InChI=1S/C17H22N2O5S2/c1-13-9-10-16(14(2)17(13)19-25(3,20)21)26(22,23)18-11-12-24-15-7-5-4-6-8-15/h4-10,18-19H,11-12H2,1-3H3. The number of aryl methyl sites for hydroxylation is 1. The lowest BCUT2D eigenvalue weighted by atomic mass is 10.1. The lowest BCUT2D eigenvalue weighted by Gasteiger charge is -2.16. The first-order valence-corrected chi connectivity index (χ1v) is 11.2. The highest BCUT2D eigenvalue weighted by Gasteiger charge is 2.20. The summed E-state index contributed by atoms with van der Waals surface area (Å²) in [5, 5.41) is 0. The molecule has 2 aromatic carbocycles.